The summed E-state index contributed by atoms with van der Waals surface area (Å²) in [5.74, 6) is 0.804. The molecule has 0 aromatic heterocycles. The van der Waals surface area contributed by atoms with Crippen LogP contribution in [0.2, 0.25) is 0 Å². The molecule has 2 aliphatic carbocycles. The predicted octanol–water partition coefficient (Wildman–Crippen LogP) is 1.41. The third-order valence-electron chi connectivity index (χ3n) is 3.83. The summed E-state index contributed by atoms with van der Waals surface area (Å²) in [5, 5.41) is 15.2. The molecule has 0 radical (unpaired) electrons. The van der Waals surface area contributed by atoms with E-state index in [0.717, 1.165) is 51.2 Å². The summed E-state index contributed by atoms with van der Waals surface area (Å²) in [7, 11) is 0. The van der Waals surface area contributed by atoms with Gasteiger partial charge in [-0.05, 0) is 50.9 Å². The number of carbonyl (C=O) groups excluding carboxylic acids is 1. The van der Waals surface area contributed by atoms with E-state index in [-0.39, 0.29) is 18.2 Å². The lowest BCUT2D eigenvalue weighted by Gasteiger charge is -2.26. The maximum absolute atomic E-state index is 11.6. The van der Waals surface area contributed by atoms with Crippen molar-refractivity contribution in [2.45, 2.75) is 57.1 Å². The number of ether oxygens (including phenoxy) is 1. The monoisotopic (exact) mass is 270 g/mol. The Morgan fingerprint density at radius 1 is 1.16 bits per heavy atom. The summed E-state index contributed by atoms with van der Waals surface area (Å²) in [5.41, 5.74) is 0. The van der Waals surface area contributed by atoms with E-state index in [2.05, 4.69) is 10.6 Å². The van der Waals surface area contributed by atoms with E-state index in [0.29, 0.717) is 6.54 Å². The number of hydrogen-bond donors (Lipinski definition) is 3. The minimum absolute atomic E-state index is 0.0939. The smallest absolute Gasteiger partial charge is 0.315 e. The number of nitrogens with one attached hydrogen (secondary N) is 2. The van der Waals surface area contributed by atoms with Gasteiger partial charge >= 0.3 is 6.03 Å². The molecule has 2 fully saturated rings. The molecule has 0 atom stereocenters. The summed E-state index contributed by atoms with van der Waals surface area (Å²) in [6.07, 6.45) is 6.65. The van der Waals surface area contributed by atoms with Crippen molar-refractivity contribution in [3.63, 3.8) is 0 Å². The van der Waals surface area contributed by atoms with Crippen LogP contribution in [-0.2, 0) is 4.74 Å². The summed E-state index contributed by atoms with van der Waals surface area (Å²) < 4.78 is 5.50. The molecule has 0 aromatic rings. The van der Waals surface area contributed by atoms with Crippen LogP contribution in [0.5, 0.6) is 0 Å². The van der Waals surface area contributed by atoms with Crippen LogP contribution in [0.3, 0.4) is 0 Å². The Bertz CT molecular complexity index is 274. The van der Waals surface area contributed by atoms with Gasteiger partial charge in [0, 0.05) is 25.8 Å². The van der Waals surface area contributed by atoms with Gasteiger partial charge in [0.2, 0.25) is 0 Å². The second-order valence-corrected chi connectivity index (χ2v) is 5.78. The van der Waals surface area contributed by atoms with Crippen LogP contribution in [0.4, 0.5) is 4.79 Å². The van der Waals surface area contributed by atoms with Crippen molar-refractivity contribution in [1.29, 1.82) is 0 Å². The van der Waals surface area contributed by atoms with Gasteiger partial charge in [0.1, 0.15) is 0 Å². The molecule has 0 spiro atoms. The Hall–Kier alpha value is -0.810. The number of hydrogen-bond acceptors (Lipinski definition) is 3. The molecule has 2 rings (SSSR count). The van der Waals surface area contributed by atoms with Crippen LogP contribution in [0.15, 0.2) is 0 Å². The molecule has 2 saturated carbocycles. The predicted molar refractivity (Wildman–Crippen MR) is 73.0 cm³/mol. The molecule has 0 saturated heterocycles. The van der Waals surface area contributed by atoms with Gasteiger partial charge in [-0.3, -0.25) is 0 Å². The lowest BCUT2D eigenvalue weighted by atomic mass is 9.93. The first-order chi connectivity index (χ1) is 9.24. The van der Waals surface area contributed by atoms with Crippen LogP contribution < -0.4 is 10.6 Å². The fraction of sp³-hybridized carbons (Fsp3) is 0.929. The summed E-state index contributed by atoms with van der Waals surface area (Å²) >= 11 is 0. The number of rotatable bonds is 7. The van der Waals surface area contributed by atoms with Crippen molar-refractivity contribution in [1.82, 2.24) is 10.6 Å². The Labute approximate surface area is 115 Å². The Morgan fingerprint density at radius 3 is 2.58 bits per heavy atom. The number of urea groups is 1. The first kappa shape index (κ1) is 14.6. The summed E-state index contributed by atoms with van der Waals surface area (Å²) in [4.78, 5) is 11.6. The third-order valence-corrected chi connectivity index (χ3v) is 3.83. The van der Waals surface area contributed by atoms with E-state index in [1.807, 2.05) is 0 Å². The zero-order valence-electron chi connectivity index (χ0n) is 11.6. The van der Waals surface area contributed by atoms with E-state index in [4.69, 9.17) is 4.74 Å². The van der Waals surface area contributed by atoms with Gasteiger partial charge in [0.25, 0.3) is 0 Å². The number of amides is 2. The van der Waals surface area contributed by atoms with E-state index in [1.54, 1.807) is 0 Å². The minimum Gasteiger partial charge on any atom is -0.393 e. The lowest BCUT2D eigenvalue weighted by Crippen LogP contribution is -2.44. The van der Waals surface area contributed by atoms with Gasteiger partial charge in [0.05, 0.1) is 6.10 Å². The molecule has 0 heterocycles. The van der Waals surface area contributed by atoms with Crippen molar-refractivity contribution >= 4 is 6.03 Å². The van der Waals surface area contributed by atoms with Gasteiger partial charge < -0.3 is 20.5 Å². The molecule has 0 aromatic carbocycles. The maximum atomic E-state index is 11.6. The number of aliphatic hydroxyl groups is 1. The molecule has 2 amide bonds. The highest BCUT2D eigenvalue weighted by Gasteiger charge is 2.21. The standard InChI is InChI=1S/C14H26N2O3/c17-13-6-4-12(5-7-13)16-14(18)15-8-1-9-19-10-11-2-3-11/h11-13,17H,1-10H2,(H2,15,16,18). The largest absolute Gasteiger partial charge is 0.393 e. The SMILES string of the molecule is O=C(NCCCOCC1CC1)NC1CCC(O)CC1. The van der Waals surface area contributed by atoms with Gasteiger partial charge in [-0.1, -0.05) is 0 Å². The zero-order chi connectivity index (χ0) is 13.5. The normalized spacial score (nSPS) is 27.0. The minimum atomic E-state index is -0.176. The first-order valence-corrected chi connectivity index (χ1v) is 7.54. The summed E-state index contributed by atoms with van der Waals surface area (Å²) in [6.45, 7) is 2.27. The van der Waals surface area contributed by atoms with Crippen molar-refractivity contribution in [3.8, 4) is 0 Å². The molecule has 110 valence electrons. The highest BCUT2D eigenvalue weighted by atomic mass is 16.5. The fourth-order valence-corrected chi connectivity index (χ4v) is 2.37. The lowest BCUT2D eigenvalue weighted by molar-refractivity contribution is 0.117. The molecule has 0 aliphatic heterocycles. The summed E-state index contributed by atoms with van der Waals surface area (Å²) in [6, 6.07) is 0.123. The van der Waals surface area contributed by atoms with Crippen LogP contribution >= 0.6 is 0 Å². The van der Waals surface area contributed by atoms with Crippen LogP contribution in [0.1, 0.15) is 44.9 Å². The zero-order valence-corrected chi connectivity index (χ0v) is 11.6. The quantitative estimate of drug-likeness (QED) is 0.613. The molecular formula is C14H26N2O3. The van der Waals surface area contributed by atoms with Gasteiger partial charge in [0.15, 0.2) is 0 Å². The van der Waals surface area contributed by atoms with E-state index >= 15 is 0 Å². The van der Waals surface area contributed by atoms with Crippen molar-refractivity contribution in [2.75, 3.05) is 19.8 Å². The second-order valence-electron chi connectivity index (χ2n) is 5.78. The van der Waals surface area contributed by atoms with Crippen LogP contribution in [-0.4, -0.2) is 43.0 Å². The Kier molecular flexibility index (Phi) is 5.92. The molecule has 19 heavy (non-hydrogen) atoms. The molecule has 5 nitrogen and oxygen atoms in total. The number of aliphatic hydroxyl groups excluding tert-OH is 1. The van der Waals surface area contributed by atoms with Gasteiger partial charge in [-0.2, -0.15) is 0 Å². The van der Waals surface area contributed by atoms with Crippen molar-refractivity contribution in [3.05, 3.63) is 0 Å². The Balaban J connectivity index is 1.42. The molecule has 2 aliphatic rings. The van der Waals surface area contributed by atoms with Crippen LogP contribution in [0, 0.1) is 5.92 Å². The molecule has 5 heteroatoms. The average molecular weight is 270 g/mol. The molecular weight excluding hydrogens is 244 g/mol. The topological polar surface area (TPSA) is 70.6 Å². The van der Waals surface area contributed by atoms with Gasteiger partial charge in [-0.15, -0.1) is 0 Å². The van der Waals surface area contributed by atoms with Crippen LogP contribution in [0.25, 0.3) is 0 Å². The fourth-order valence-electron chi connectivity index (χ4n) is 2.37. The van der Waals surface area contributed by atoms with Crippen molar-refractivity contribution in [2.24, 2.45) is 5.92 Å². The first-order valence-electron chi connectivity index (χ1n) is 7.54. The third kappa shape index (κ3) is 6.25. The average Bonchev–Trinajstić information content (AvgIpc) is 3.20. The number of carbonyl (C=O) groups is 1. The Morgan fingerprint density at radius 2 is 1.89 bits per heavy atom. The van der Waals surface area contributed by atoms with E-state index in [1.165, 1.54) is 12.8 Å². The van der Waals surface area contributed by atoms with Crippen molar-refractivity contribution < 1.29 is 14.6 Å². The highest BCUT2D eigenvalue weighted by Crippen LogP contribution is 2.28. The molecule has 0 unspecified atom stereocenters. The molecule has 3 N–H and O–H groups in total. The molecule has 0 bridgehead atoms. The van der Waals surface area contributed by atoms with E-state index < -0.39 is 0 Å². The maximum Gasteiger partial charge on any atom is 0.315 e. The van der Waals surface area contributed by atoms with Gasteiger partial charge in [-0.25, -0.2) is 4.79 Å². The van der Waals surface area contributed by atoms with E-state index in [9.17, 15) is 9.90 Å². The highest BCUT2D eigenvalue weighted by molar-refractivity contribution is 5.74. The second kappa shape index (κ2) is 7.70.